The van der Waals surface area contributed by atoms with Gasteiger partial charge in [-0.15, -0.1) is 0 Å². The van der Waals surface area contributed by atoms with E-state index >= 15 is 0 Å². The Morgan fingerprint density at radius 2 is 2.00 bits per heavy atom. The monoisotopic (exact) mass is 165 g/mol. The molecular formula is C9H8FNO. The second kappa shape index (κ2) is 3.84. The molecule has 0 aliphatic heterocycles. The zero-order valence-corrected chi connectivity index (χ0v) is 6.37. The fourth-order valence-corrected chi connectivity index (χ4v) is 0.889. The van der Waals surface area contributed by atoms with Gasteiger partial charge < -0.3 is 5.11 Å². The van der Waals surface area contributed by atoms with Gasteiger partial charge in [-0.1, -0.05) is 12.1 Å². The van der Waals surface area contributed by atoms with Crippen molar-refractivity contribution in [1.29, 1.82) is 5.26 Å². The van der Waals surface area contributed by atoms with E-state index in [4.69, 9.17) is 10.4 Å². The Morgan fingerprint density at radius 1 is 1.42 bits per heavy atom. The van der Waals surface area contributed by atoms with Gasteiger partial charge in [-0.25, -0.2) is 4.39 Å². The lowest BCUT2D eigenvalue weighted by Crippen LogP contribution is -2.06. The summed E-state index contributed by atoms with van der Waals surface area (Å²) in [4.78, 5) is 0. The molecule has 0 spiro atoms. The summed E-state index contributed by atoms with van der Waals surface area (Å²) in [6.07, 6.45) is -0.757. The van der Waals surface area contributed by atoms with E-state index in [2.05, 4.69) is 0 Å². The summed E-state index contributed by atoms with van der Waals surface area (Å²) in [6.45, 7) is 0. The minimum absolute atomic E-state index is 0.247. The van der Waals surface area contributed by atoms with Gasteiger partial charge in [-0.2, -0.15) is 5.26 Å². The Kier molecular flexibility index (Phi) is 2.78. The first-order chi connectivity index (χ1) is 5.72. The van der Waals surface area contributed by atoms with Crippen molar-refractivity contribution in [2.75, 3.05) is 0 Å². The molecule has 0 aliphatic carbocycles. The summed E-state index contributed by atoms with van der Waals surface area (Å²) in [7, 11) is 0. The molecule has 1 aromatic carbocycles. The van der Waals surface area contributed by atoms with Crippen molar-refractivity contribution in [1.82, 2.24) is 0 Å². The molecule has 0 amide bonds. The summed E-state index contributed by atoms with van der Waals surface area (Å²) in [5.41, 5.74) is 0.755. The average molecular weight is 165 g/mol. The molecule has 0 bridgehead atoms. The van der Waals surface area contributed by atoms with Crippen molar-refractivity contribution in [2.45, 2.75) is 12.5 Å². The van der Waals surface area contributed by atoms with Crippen LogP contribution in [-0.4, -0.2) is 11.2 Å². The molecule has 0 saturated carbocycles. The molecule has 0 radical (unpaired) electrons. The minimum Gasteiger partial charge on any atom is -0.378 e. The molecule has 1 unspecified atom stereocenters. The van der Waals surface area contributed by atoms with Gasteiger partial charge in [-0.05, 0) is 17.7 Å². The van der Waals surface area contributed by atoms with Crippen LogP contribution in [0.15, 0.2) is 24.3 Å². The van der Waals surface area contributed by atoms with E-state index in [1.807, 2.05) is 0 Å². The maximum Gasteiger partial charge on any atom is 0.144 e. The first kappa shape index (κ1) is 8.69. The lowest BCUT2D eigenvalue weighted by Gasteiger charge is -2.00. The van der Waals surface area contributed by atoms with Gasteiger partial charge >= 0.3 is 0 Å². The Bertz CT molecular complexity index is 288. The Balaban J connectivity index is 2.66. The summed E-state index contributed by atoms with van der Waals surface area (Å²) < 4.78 is 12.4. The number of benzene rings is 1. The molecule has 1 atom stereocenters. The van der Waals surface area contributed by atoms with Crippen LogP contribution in [0.1, 0.15) is 5.56 Å². The third-order valence-electron chi connectivity index (χ3n) is 1.49. The maximum absolute atomic E-state index is 12.4. The Hall–Kier alpha value is -1.40. The molecular weight excluding hydrogens is 157 g/mol. The third kappa shape index (κ3) is 2.33. The van der Waals surface area contributed by atoms with Crippen LogP contribution >= 0.6 is 0 Å². The average Bonchev–Trinajstić information content (AvgIpc) is 2.09. The lowest BCUT2D eigenvalue weighted by molar-refractivity contribution is 0.231. The van der Waals surface area contributed by atoms with Crippen molar-refractivity contribution in [2.24, 2.45) is 0 Å². The van der Waals surface area contributed by atoms with E-state index in [1.165, 1.54) is 12.1 Å². The van der Waals surface area contributed by atoms with Crippen LogP contribution < -0.4 is 0 Å². The molecule has 0 heterocycles. The SMILES string of the molecule is N#CC(O)Cc1ccc(F)cc1. The summed E-state index contributed by atoms with van der Waals surface area (Å²) in [6, 6.07) is 7.40. The first-order valence-corrected chi connectivity index (χ1v) is 3.54. The molecule has 0 aliphatic rings. The van der Waals surface area contributed by atoms with Crippen molar-refractivity contribution in [3.63, 3.8) is 0 Å². The highest BCUT2D eigenvalue weighted by atomic mass is 19.1. The molecule has 1 N–H and O–H groups in total. The maximum atomic E-state index is 12.4. The van der Waals surface area contributed by atoms with Crippen molar-refractivity contribution in [3.05, 3.63) is 35.6 Å². The normalized spacial score (nSPS) is 12.1. The van der Waals surface area contributed by atoms with Crippen LogP contribution in [-0.2, 0) is 6.42 Å². The molecule has 1 rings (SSSR count). The predicted octanol–water partition coefficient (Wildman–Crippen LogP) is 1.25. The number of halogens is 1. The molecule has 0 fully saturated rings. The van der Waals surface area contributed by atoms with E-state index in [0.717, 1.165) is 5.56 Å². The van der Waals surface area contributed by atoms with Crippen LogP contribution in [0.25, 0.3) is 0 Å². The van der Waals surface area contributed by atoms with Gasteiger partial charge in [0.05, 0.1) is 6.07 Å². The van der Waals surface area contributed by atoms with Crippen LogP contribution in [0.3, 0.4) is 0 Å². The van der Waals surface area contributed by atoms with E-state index in [0.29, 0.717) is 0 Å². The number of aliphatic hydroxyl groups is 1. The van der Waals surface area contributed by atoms with Gasteiger partial charge in [-0.3, -0.25) is 0 Å². The van der Waals surface area contributed by atoms with Gasteiger partial charge in [0.25, 0.3) is 0 Å². The number of rotatable bonds is 2. The Morgan fingerprint density at radius 3 is 2.50 bits per heavy atom. The van der Waals surface area contributed by atoms with Crippen molar-refractivity contribution < 1.29 is 9.50 Å². The van der Waals surface area contributed by atoms with E-state index in [9.17, 15) is 4.39 Å². The second-order valence-corrected chi connectivity index (χ2v) is 2.48. The van der Waals surface area contributed by atoms with Gasteiger partial charge in [0.1, 0.15) is 11.9 Å². The van der Waals surface area contributed by atoms with Crippen LogP contribution in [0.2, 0.25) is 0 Å². The molecule has 0 aromatic heterocycles. The Labute approximate surface area is 69.9 Å². The van der Waals surface area contributed by atoms with Crippen molar-refractivity contribution in [3.8, 4) is 6.07 Å². The van der Waals surface area contributed by atoms with E-state index in [-0.39, 0.29) is 12.2 Å². The molecule has 3 heteroatoms. The smallest absolute Gasteiger partial charge is 0.144 e. The summed E-state index contributed by atoms with van der Waals surface area (Å²) in [5, 5.41) is 17.2. The fraction of sp³-hybridized carbons (Fsp3) is 0.222. The van der Waals surface area contributed by atoms with Gasteiger partial charge in [0.15, 0.2) is 0 Å². The standard InChI is InChI=1S/C9H8FNO/c10-8-3-1-7(2-4-8)5-9(12)6-11/h1-4,9,12H,5H2. The minimum atomic E-state index is -1.00. The lowest BCUT2D eigenvalue weighted by atomic mass is 10.1. The van der Waals surface area contributed by atoms with E-state index < -0.39 is 6.10 Å². The van der Waals surface area contributed by atoms with Gasteiger partial charge in [0.2, 0.25) is 0 Å². The predicted molar refractivity (Wildman–Crippen MR) is 41.7 cm³/mol. The zero-order valence-electron chi connectivity index (χ0n) is 6.37. The number of aliphatic hydroxyl groups excluding tert-OH is 1. The fourth-order valence-electron chi connectivity index (χ4n) is 0.889. The second-order valence-electron chi connectivity index (χ2n) is 2.48. The molecule has 12 heavy (non-hydrogen) atoms. The third-order valence-corrected chi connectivity index (χ3v) is 1.49. The van der Waals surface area contributed by atoms with Crippen LogP contribution in [0, 0.1) is 17.1 Å². The molecule has 1 aromatic rings. The van der Waals surface area contributed by atoms with Crippen LogP contribution in [0.4, 0.5) is 4.39 Å². The van der Waals surface area contributed by atoms with E-state index in [1.54, 1.807) is 18.2 Å². The highest BCUT2D eigenvalue weighted by Crippen LogP contribution is 2.05. The number of nitrogens with zero attached hydrogens (tertiary/aromatic N) is 1. The largest absolute Gasteiger partial charge is 0.378 e. The summed E-state index contributed by atoms with van der Waals surface area (Å²) in [5.74, 6) is -0.315. The molecule has 2 nitrogen and oxygen atoms in total. The summed E-state index contributed by atoms with van der Waals surface area (Å²) >= 11 is 0. The number of nitriles is 1. The van der Waals surface area contributed by atoms with Crippen LogP contribution in [0.5, 0.6) is 0 Å². The zero-order chi connectivity index (χ0) is 8.97. The molecule has 0 saturated heterocycles. The quantitative estimate of drug-likeness (QED) is 0.670. The highest BCUT2D eigenvalue weighted by molar-refractivity contribution is 5.17. The topological polar surface area (TPSA) is 44.0 Å². The number of hydrogen-bond acceptors (Lipinski definition) is 2. The highest BCUT2D eigenvalue weighted by Gasteiger charge is 2.02. The first-order valence-electron chi connectivity index (χ1n) is 3.54. The molecule has 62 valence electrons. The van der Waals surface area contributed by atoms with Crippen molar-refractivity contribution >= 4 is 0 Å². The number of hydrogen-bond donors (Lipinski definition) is 1. The van der Waals surface area contributed by atoms with Gasteiger partial charge in [0, 0.05) is 6.42 Å².